The van der Waals surface area contributed by atoms with Crippen molar-refractivity contribution in [2.45, 2.75) is 30.3 Å². The van der Waals surface area contributed by atoms with Gasteiger partial charge in [-0.1, -0.05) is 18.2 Å². The topological polar surface area (TPSA) is 93.7 Å². The average Bonchev–Trinajstić information content (AvgIpc) is 3.27. The Morgan fingerprint density at radius 3 is 2.69 bits per heavy atom. The Kier molecular flexibility index (Phi) is 7.24. The molecule has 0 aromatic heterocycles. The summed E-state index contributed by atoms with van der Waals surface area (Å²) in [5.74, 6) is 0.471. The maximum Gasteiger partial charge on any atom is 0.251 e. The zero-order valence-electron chi connectivity index (χ0n) is 16.4. The number of sulfonamides is 1. The van der Waals surface area contributed by atoms with Crippen molar-refractivity contribution in [3.8, 4) is 5.75 Å². The van der Waals surface area contributed by atoms with Gasteiger partial charge in [-0.25, -0.2) is 13.1 Å². The maximum atomic E-state index is 12.5. The van der Waals surface area contributed by atoms with E-state index in [1.54, 1.807) is 19.2 Å². The van der Waals surface area contributed by atoms with Crippen LogP contribution in [0.2, 0.25) is 0 Å². The van der Waals surface area contributed by atoms with E-state index < -0.39 is 10.0 Å². The van der Waals surface area contributed by atoms with Gasteiger partial charge in [-0.2, -0.15) is 0 Å². The van der Waals surface area contributed by atoms with Gasteiger partial charge in [-0.05, 0) is 55.2 Å². The van der Waals surface area contributed by atoms with E-state index >= 15 is 0 Å². The largest absolute Gasteiger partial charge is 0.497 e. The molecule has 0 aliphatic carbocycles. The van der Waals surface area contributed by atoms with Crippen LogP contribution in [0.15, 0.2) is 53.4 Å². The third kappa shape index (κ3) is 6.03. The highest BCUT2D eigenvalue weighted by Gasteiger charge is 2.21. The molecule has 8 heteroatoms. The van der Waals surface area contributed by atoms with Gasteiger partial charge in [-0.15, -0.1) is 0 Å². The van der Waals surface area contributed by atoms with Crippen LogP contribution >= 0.6 is 0 Å². The summed E-state index contributed by atoms with van der Waals surface area (Å²) in [6.07, 6.45) is 2.36. The van der Waals surface area contributed by atoms with E-state index in [1.165, 1.54) is 12.1 Å². The molecule has 2 aromatic rings. The first-order valence-electron chi connectivity index (χ1n) is 9.60. The summed E-state index contributed by atoms with van der Waals surface area (Å²) in [6.45, 7) is 1.35. The van der Waals surface area contributed by atoms with E-state index in [4.69, 9.17) is 9.47 Å². The highest BCUT2D eigenvalue weighted by molar-refractivity contribution is 7.89. The summed E-state index contributed by atoms with van der Waals surface area (Å²) in [5.41, 5.74) is 1.38. The summed E-state index contributed by atoms with van der Waals surface area (Å²) in [6, 6.07) is 13.7. The minimum Gasteiger partial charge on any atom is -0.497 e. The van der Waals surface area contributed by atoms with Crippen LogP contribution in [0.5, 0.6) is 5.75 Å². The zero-order valence-corrected chi connectivity index (χ0v) is 17.2. The van der Waals surface area contributed by atoms with Crippen molar-refractivity contribution in [2.75, 3.05) is 26.8 Å². The molecule has 0 saturated carbocycles. The van der Waals surface area contributed by atoms with Crippen LogP contribution in [0.4, 0.5) is 0 Å². The quantitative estimate of drug-likeness (QED) is 0.651. The van der Waals surface area contributed by atoms with Crippen molar-refractivity contribution in [2.24, 2.45) is 0 Å². The van der Waals surface area contributed by atoms with Crippen molar-refractivity contribution in [1.82, 2.24) is 10.0 Å². The van der Waals surface area contributed by atoms with Crippen molar-refractivity contribution in [1.29, 1.82) is 0 Å². The number of ether oxygens (including phenoxy) is 2. The van der Waals surface area contributed by atoms with Gasteiger partial charge in [0, 0.05) is 25.3 Å². The number of amides is 1. The summed E-state index contributed by atoms with van der Waals surface area (Å²) in [5, 5.41) is 2.83. The number of rotatable bonds is 9. The SMILES string of the molecule is COc1ccc(CCNC(=O)c2cccc(S(=O)(=O)NCC3CCCO3)c2)cc1. The molecule has 29 heavy (non-hydrogen) atoms. The molecule has 0 bridgehead atoms. The first-order valence-corrected chi connectivity index (χ1v) is 11.1. The van der Waals surface area contributed by atoms with Crippen LogP contribution in [0.25, 0.3) is 0 Å². The fourth-order valence-electron chi connectivity index (χ4n) is 3.11. The third-order valence-electron chi connectivity index (χ3n) is 4.79. The van der Waals surface area contributed by atoms with E-state index in [1.807, 2.05) is 24.3 Å². The molecule has 3 rings (SSSR count). The number of benzene rings is 2. The van der Waals surface area contributed by atoms with Crippen molar-refractivity contribution < 1.29 is 22.7 Å². The predicted octanol–water partition coefficient (Wildman–Crippen LogP) is 2.12. The second-order valence-corrected chi connectivity index (χ2v) is 8.64. The Morgan fingerprint density at radius 2 is 2.00 bits per heavy atom. The smallest absolute Gasteiger partial charge is 0.251 e. The first kappa shape index (κ1) is 21.3. The van der Waals surface area contributed by atoms with E-state index in [2.05, 4.69) is 10.0 Å². The lowest BCUT2D eigenvalue weighted by Gasteiger charge is -2.12. The fraction of sp³-hybridized carbons (Fsp3) is 0.381. The van der Waals surface area contributed by atoms with Gasteiger partial charge in [0.15, 0.2) is 0 Å². The normalized spacial score (nSPS) is 16.5. The molecule has 1 atom stereocenters. The van der Waals surface area contributed by atoms with E-state index in [9.17, 15) is 13.2 Å². The zero-order chi connectivity index (χ0) is 20.7. The molecular formula is C21H26N2O5S. The van der Waals surface area contributed by atoms with Gasteiger partial charge in [0.1, 0.15) is 5.75 Å². The number of carbonyl (C=O) groups excluding carboxylic acids is 1. The first-order chi connectivity index (χ1) is 14.0. The van der Waals surface area contributed by atoms with Gasteiger partial charge in [0.2, 0.25) is 10.0 Å². The lowest BCUT2D eigenvalue weighted by molar-refractivity contribution is 0.0954. The Hall–Kier alpha value is -2.42. The Morgan fingerprint density at radius 1 is 1.21 bits per heavy atom. The summed E-state index contributed by atoms with van der Waals surface area (Å²) in [4.78, 5) is 12.5. The van der Waals surface area contributed by atoms with Crippen LogP contribution in [-0.4, -0.2) is 47.2 Å². The minimum atomic E-state index is -3.70. The van der Waals surface area contributed by atoms with Crippen molar-refractivity contribution in [3.05, 3.63) is 59.7 Å². The molecule has 1 heterocycles. The van der Waals surface area contributed by atoms with Crippen LogP contribution < -0.4 is 14.8 Å². The van der Waals surface area contributed by atoms with Crippen LogP contribution in [-0.2, 0) is 21.2 Å². The molecule has 2 aromatic carbocycles. The number of carbonyl (C=O) groups is 1. The van der Waals surface area contributed by atoms with Gasteiger partial charge < -0.3 is 14.8 Å². The monoisotopic (exact) mass is 418 g/mol. The Labute approximate surface area is 171 Å². The maximum absolute atomic E-state index is 12.5. The molecule has 0 spiro atoms. The molecule has 1 fully saturated rings. The number of hydrogen-bond acceptors (Lipinski definition) is 5. The van der Waals surface area contributed by atoms with Crippen molar-refractivity contribution >= 4 is 15.9 Å². The number of hydrogen-bond donors (Lipinski definition) is 2. The second-order valence-electron chi connectivity index (χ2n) is 6.87. The van der Waals surface area contributed by atoms with Crippen LogP contribution in [0, 0.1) is 0 Å². The molecule has 2 N–H and O–H groups in total. The molecule has 1 aliphatic heterocycles. The molecule has 1 amide bonds. The molecule has 1 aliphatic rings. The molecule has 1 saturated heterocycles. The predicted molar refractivity (Wildman–Crippen MR) is 110 cm³/mol. The molecule has 7 nitrogen and oxygen atoms in total. The second kappa shape index (κ2) is 9.87. The highest BCUT2D eigenvalue weighted by Crippen LogP contribution is 2.15. The lowest BCUT2D eigenvalue weighted by atomic mass is 10.1. The molecule has 1 unspecified atom stereocenters. The average molecular weight is 419 g/mol. The third-order valence-corrected chi connectivity index (χ3v) is 6.21. The molecule has 0 radical (unpaired) electrons. The van der Waals surface area contributed by atoms with E-state index in [-0.39, 0.29) is 23.5 Å². The fourth-order valence-corrected chi connectivity index (χ4v) is 4.22. The molecule has 156 valence electrons. The highest BCUT2D eigenvalue weighted by atomic mass is 32.2. The van der Waals surface area contributed by atoms with Gasteiger partial charge in [-0.3, -0.25) is 4.79 Å². The van der Waals surface area contributed by atoms with Crippen molar-refractivity contribution in [3.63, 3.8) is 0 Å². The van der Waals surface area contributed by atoms with E-state index in [0.717, 1.165) is 24.2 Å². The van der Waals surface area contributed by atoms with Gasteiger partial charge >= 0.3 is 0 Å². The molecular weight excluding hydrogens is 392 g/mol. The minimum absolute atomic E-state index is 0.0679. The Balaban J connectivity index is 1.55. The summed E-state index contributed by atoms with van der Waals surface area (Å²) >= 11 is 0. The lowest BCUT2D eigenvalue weighted by Crippen LogP contribution is -2.32. The van der Waals surface area contributed by atoms with E-state index in [0.29, 0.717) is 25.1 Å². The summed E-state index contributed by atoms with van der Waals surface area (Å²) in [7, 11) is -2.08. The summed E-state index contributed by atoms with van der Waals surface area (Å²) < 4.78 is 38.1. The van der Waals surface area contributed by atoms with Gasteiger partial charge in [0.05, 0.1) is 18.1 Å². The number of nitrogens with one attached hydrogen (secondary N) is 2. The van der Waals surface area contributed by atoms with Gasteiger partial charge in [0.25, 0.3) is 5.91 Å². The number of methoxy groups -OCH3 is 1. The van der Waals surface area contributed by atoms with Crippen LogP contribution in [0.1, 0.15) is 28.8 Å². The van der Waals surface area contributed by atoms with Crippen LogP contribution in [0.3, 0.4) is 0 Å². The standard InChI is InChI=1S/C21H26N2O5S/c1-27-18-9-7-16(8-10-18)11-12-22-21(24)17-4-2-6-20(14-17)29(25,26)23-15-19-5-3-13-28-19/h2,4,6-10,14,19,23H,3,5,11-13,15H2,1H3,(H,22,24). The Bertz CT molecular complexity index is 922.